The molecule has 2 atom stereocenters. The van der Waals surface area contributed by atoms with Gasteiger partial charge in [0.15, 0.2) is 5.65 Å². The first-order valence-electron chi connectivity index (χ1n) is 11.3. The van der Waals surface area contributed by atoms with Gasteiger partial charge in [0.25, 0.3) is 0 Å². The molecule has 188 valence electrons. The molecule has 3 rings (SSSR count). The summed E-state index contributed by atoms with van der Waals surface area (Å²) in [4.78, 5) is 17.1. The lowest BCUT2D eigenvalue weighted by Crippen LogP contribution is -2.40. The van der Waals surface area contributed by atoms with E-state index in [-0.39, 0.29) is 31.6 Å². The van der Waals surface area contributed by atoms with E-state index in [0.29, 0.717) is 16.9 Å². The van der Waals surface area contributed by atoms with Crippen molar-refractivity contribution in [3.8, 4) is 0 Å². The van der Waals surface area contributed by atoms with Gasteiger partial charge in [-0.15, -0.1) is 0 Å². The molecule has 0 radical (unpaired) electrons. The molecule has 1 amide bonds. The van der Waals surface area contributed by atoms with Gasteiger partial charge in [0, 0.05) is 24.6 Å². The van der Waals surface area contributed by atoms with E-state index in [2.05, 4.69) is 19.8 Å². The van der Waals surface area contributed by atoms with Gasteiger partial charge in [-0.25, -0.2) is 27.3 Å². The molecule has 0 aromatic carbocycles. The molecule has 2 aromatic heterocycles. The van der Waals surface area contributed by atoms with Crippen LogP contribution in [0.2, 0.25) is 0 Å². The Kier molecular flexibility index (Phi) is 7.45. The number of carbonyl (C=O) groups is 1. The monoisotopic (exact) mass is 497 g/mol. The number of carbonyl (C=O) groups excluding carboxylic acids is 1. The summed E-state index contributed by atoms with van der Waals surface area (Å²) in [7, 11) is -1.41. The molecule has 1 aliphatic rings. The lowest BCUT2D eigenvalue weighted by molar-refractivity contribution is -0.0500. The van der Waals surface area contributed by atoms with E-state index < -0.39 is 39.4 Å². The Bertz CT molecular complexity index is 1080. The number of rotatable bonds is 5. The molecule has 0 saturated heterocycles. The molecule has 2 heterocycles. The number of nitrogens with zero attached hydrogens (tertiary/aromatic N) is 4. The molecule has 34 heavy (non-hydrogen) atoms. The minimum Gasteiger partial charge on any atom is -0.444 e. The average molecular weight is 498 g/mol. The lowest BCUT2D eigenvalue weighted by atomic mass is 9.81. The van der Waals surface area contributed by atoms with Gasteiger partial charge < -0.3 is 10.1 Å². The van der Waals surface area contributed by atoms with Crippen LogP contribution < -0.4 is 5.32 Å². The molecule has 2 unspecified atom stereocenters. The molecule has 8 nitrogen and oxygen atoms in total. The normalized spacial score (nSPS) is 19.3. The van der Waals surface area contributed by atoms with Crippen LogP contribution in [0.1, 0.15) is 84.5 Å². The van der Waals surface area contributed by atoms with E-state index in [0.717, 1.165) is 0 Å². The van der Waals surface area contributed by atoms with Gasteiger partial charge in [-0.2, -0.15) is 9.50 Å². The summed E-state index contributed by atoms with van der Waals surface area (Å²) in [5, 5.41) is 7.17. The number of ether oxygens (including phenoxy) is 1. The maximum absolute atomic E-state index is 13.8. The Balaban J connectivity index is 1.88. The van der Waals surface area contributed by atoms with Crippen LogP contribution in [0, 0.1) is 5.92 Å². The fourth-order valence-corrected chi connectivity index (χ4v) is 4.19. The van der Waals surface area contributed by atoms with Crippen LogP contribution >= 0.6 is 0 Å². The van der Waals surface area contributed by atoms with Crippen LogP contribution in [0.4, 0.5) is 13.6 Å². The zero-order valence-electron chi connectivity index (χ0n) is 20.5. The van der Waals surface area contributed by atoms with Crippen LogP contribution in [0.25, 0.3) is 5.65 Å². The quantitative estimate of drug-likeness (QED) is 0.586. The fourth-order valence-electron chi connectivity index (χ4n) is 3.66. The highest BCUT2D eigenvalue weighted by atomic mass is 32.2. The van der Waals surface area contributed by atoms with E-state index in [1.54, 1.807) is 43.7 Å². The van der Waals surface area contributed by atoms with Gasteiger partial charge in [0.2, 0.25) is 5.92 Å². The molecule has 1 N–H and O–H groups in total. The summed E-state index contributed by atoms with van der Waals surface area (Å²) in [5.74, 6) is -2.90. The van der Waals surface area contributed by atoms with E-state index in [9.17, 15) is 17.8 Å². The molecular weight excluding hydrogens is 464 g/mol. The average Bonchev–Trinajstić information content (AvgIpc) is 3.11. The van der Waals surface area contributed by atoms with Crippen LogP contribution in [0.5, 0.6) is 0 Å². The third-order valence-corrected chi connectivity index (χ3v) is 6.75. The Hall–Kier alpha value is -2.43. The largest absolute Gasteiger partial charge is 0.444 e. The summed E-state index contributed by atoms with van der Waals surface area (Å²) < 4.78 is 50.3. The topological polar surface area (TPSA) is 98.0 Å². The number of halogens is 2. The van der Waals surface area contributed by atoms with Crippen molar-refractivity contribution in [3.05, 3.63) is 29.7 Å². The summed E-state index contributed by atoms with van der Waals surface area (Å²) in [6, 6.07) is 1.14. The fraction of sp³-hybridized carbons (Fsp3) is 0.652. The zero-order valence-corrected chi connectivity index (χ0v) is 21.3. The number of hydrogen-bond acceptors (Lipinski definition) is 5. The number of nitrogens with one attached hydrogen (secondary N) is 1. The van der Waals surface area contributed by atoms with Crippen LogP contribution in [-0.2, 0) is 15.7 Å². The van der Waals surface area contributed by atoms with Gasteiger partial charge in [-0.05, 0) is 66.4 Å². The molecule has 2 aromatic rings. The van der Waals surface area contributed by atoms with Crippen LogP contribution in [0.3, 0.4) is 0 Å². The molecule has 1 aliphatic carbocycles. The highest BCUT2D eigenvalue weighted by Gasteiger charge is 2.39. The molecule has 0 aliphatic heterocycles. The molecular formula is C23H33F2N5O3S. The molecule has 1 fully saturated rings. The van der Waals surface area contributed by atoms with Gasteiger partial charge in [0.1, 0.15) is 16.6 Å². The minimum atomic E-state index is -2.69. The van der Waals surface area contributed by atoms with E-state index >= 15 is 0 Å². The molecule has 1 saturated carbocycles. The number of hydrogen-bond donors (Lipinski definition) is 1. The summed E-state index contributed by atoms with van der Waals surface area (Å²) in [6.07, 6.45) is 4.15. The number of imidazole rings is 1. The Morgan fingerprint density at radius 3 is 2.53 bits per heavy atom. The van der Waals surface area contributed by atoms with Crippen molar-refractivity contribution in [2.75, 3.05) is 0 Å². The van der Waals surface area contributed by atoms with Crippen molar-refractivity contribution >= 4 is 28.9 Å². The van der Waals surface area contributed by atoms with Gasteiger partial charge >= 0.3 is 6.09 Å². The van der Waals surface area contributed by atoms with Gasteiger partial charge in [0.05, 0.1) is 28.9 Å². The van der Waals surface area contributed by atoms with Crippen molar-refractivity contribution in [2.24, 2.45) is 10.3 Å². The Morgan fingerprint density at radius 1 is 1.29 bits per heavy atom. The number of alkyl halides is 2. The van der Waals surface area contributed by atoms with Crippen molar-refractivity contribution in [1.82, 2.24) is 19.9 Å². The lowest BCUT2D eigenvalue weighted by Gasteiger charge is -2.33. The van der Waals surface area contributed by atoms with Gasteiger partial charge in [-0.3, -0.25) is 0 Å². The first kappa shape index (κ1) is 26.2. The second-order valence-electron chi connectivity index (χ2n) is 10.7. The zero-order chi connectivity index (χ0) is 25.3. The molecule has 11 heteroatoms. The second kappa shape index (κ2) is 9.67. The third-order valence-electron chi connectivity index (χ3n) is 5.41. The van der Waals surface area contributed by atoms with Crippen LogP contribution in [-0.4, -0.2) is 47.4 Å². The van der Waals surface area contributed by atoms with E-state index in [1.165, 1.54) is 6.21 Å². The van der Waals surface area contributed by atoms with Crippen molar-refractivity contribution in [2.45, 2.75) is 89.5 Å². The van der Waals surface area contributed by atoms with E-state index in [4.69, 9.17) is 4.74 Å². The Morgan fingerprint density at radius 2 is 1.94 bits per heavy atom. The second-order valence-corrected chi connectivity index (χ2v) is 12.6. The SMILES string of the molecule is CC(C)(C)OC(=O)NC(c1cn2ncc(/C=N/S(=O)C(C)(C)C)cc2n1)C1CCC(F)(F)CC1. The van der Waals surface area contributed by atoms with Crippen molar-refractivity contribution in [1.29, 1.82) is 0 Å². The van der Waals surface area contributed by atoms with Crippen molar-refractivity contribution in [3.63, 3.8) is 0 Å². The first-order valence-corrected chi connectivity index (χ1v) is 12.4. The summed E-state index contributed by atoms with van der Waals surface area (Å²) in [6.45, 7) is 10.8. The summed E-state index contributed by atoms with van der Waals surface area (Å²) >= 11 is 0. The maximum Gasteiger partial charge on any atom is 0.408 e. The number of amides is 1. The highest BCUT2D eigenvalue weighted by molar-refractivity contribution is 7.85. The van der Waals surface area contributed by atoms with Crippen molar-refractivity contribution < 1.29 is 22.5 Å². The first-order chi connectivity index (χ1) is 15.6. The smallest absolute Gasteiger partial charge is 0.408 e. The van der Waals surface area contributed by atoms with E-state index in [1.807, 2.05) is 20.8 Å². The number of fused-ring (bicyclic) bond motifs is 1. The predicted octanol–water partition coefficient (Wildman–Crippen LogP) is 5.00. The minimum absolute atomic E-state index is 0.215. The standard InChI is InChI=1S/C23H33F2N5O3S/c1-21(2,3)33-20(31)29-19(16-7-9-23(24,25)10-8-16)17-14-30-18(28-17)11-15(12-26-30)13-27-34(32)22(4,5)6/h11-14,16,19H,7-10H2,1-6H3,(H,29,31)/b27-13+. The van der Waals surface area contributed by atoms with Gasteiger partial charge in [-0.1, -0.05) is 0 Å². The van der Waals surface area contributed by atoms with Crippen LogP contribution in [0.15, 0.2) is 22.9 Å². The number of aromatic nitrogens is 3. The summed E-state index contributed by atoms with van der Waals surface area (Å²) in [5.41, 5.74) is 0.936. The molecule has 0 bridgehead atoms. The predicted molar refractivity (Wildman–Crippen MR) is 127 cm³/mol. The maximum atomic E-state index is 13.8. The Labute approximate surface area is 201 Å². The number of alkyl carbamates (subject to hydrolysis) is 1. The third kappa shape index (κ3) is 7.04. The molecule has 0 spiro atoms. The highest BCUT2D eigenvalue weighted by Crippen LogP contribution is 2.41.